The molecule has 0 aromatic heterocycles. The topological polar surface area (TPSA) is 84.6 Å². The van der Waals surface area contributed by atoms with Gasteiger partial charge >= 0.3 is 0 Å². The highest BCUT2D eigenvalue weighted by molar-refractivity contribution is 5.42. The smallest absolute Gasteiger partial charge is 0.273 e. The van der Waals surface area contributed by atoms with Crippen molar-refractivity contribution in [2.75, 3.05) is 13.7 Å². The summed E-state index contributed by atoms with van der Waals surface area (Å²) in [7, 11) is 1.47. The zero-order valence-corrected chi connectivity index (χ0v) is 11.3. The van der Waals surface area contributed by atoms with Crippen molar-refractivity contribution in [3.63, 3.8) is 0 Å². The fraction of sp³-hybridized carbons (Fsp3) is 0.538. The van der Waals surface area contributed by atoms with Crippen LogP contribution in [0.5, 0.6) is 5.75 Å². The van der Waals surface area contributed by atoms with Crippen LogP contribution in [-0.2, 0) is 6.54 Å². The van der Waals surface area contributed by atoms with E-state index >= 15 is 0 Å². The highest BCUT2D eigenvalue weighted by atomic mass is 16.6. The van der Waals surface area contributed by atoms with Crippen LogP contribution >= 0.6 is 0 Å². The van der Waals surface area contributed by atoms with Crippen LogP contribution in [0.4, 0.5) is 5.69 Å². The molecule has 0 amide bonds. The summed E-state index contributed by atoms with van der Waals surface area (Å²) in [6.45, 7) is 2.94. The average molecular weight is 268 g/mol. The van der Waals surface area contributed by atoms with E-state index in [2.05, 4.69) is 5.32 Å². The Morgan fingerprint density at radius 1 is 1.47 bits per heavy atom. The maximum absolute atomic E-state index is 10.8. The van der Waals surface area contributed by atoms with Crippen molar-refractivity contribution in [3.05, 3.63) is 33.9 Å². The molecule has 0 fully saturated rings. The van der Waals surface area contributed by atoms with Gasteiger partial charge in [-0.05, 0) is 18.1 Å². The number of nitro groups is 1. The van der Waals surface area contributed by atoms with Crippen LogP contribution in [0.1, 0.15) is 25.3 Å². The fourth-order valence-electron chi connectivity index (χ4n) is 1.79. The summed E-state index contributed by atoms with van der Waals surface area (Å²) in [6, 6.07) is 4.63. The molecule has 19 heavy (non-hydrogen) atoms. The SMILES string of the molecule is CCCC(O)CNCc1cc(OC)cc([N+](=O)[O-])c1. The van der Waals surface area contributed by atoms with Gasteiger partial charge in [-0.2, -0.15) is 0 Å². The molecule has 1 unspecified atom stereocenters. The number of hydrogen-bond acceptors (Lipinski definition) is 5. The Labute approximate surface area is 112 Å². The van der Waals surface area contributed by atoms with Gasteiger partial charge in [0, 0.05) is 19.2 Å². The van der Waals surface area contributed by atoms with Crippen molar-refractivity contribution in [1.82, 2.24) is 5.32 Å². The van der Waals surface area contributed by atoms with Crippen LogP contribution in [-0.4, -0.2) is 29.8 Å². The Morgan fingerprint density at radius 3 is 2.79 bits per heavy atom. The molecule has 2 N–H and O–H groups in total. The lowest BCUT2D eigenvalue weighted by atomic mass is 10.1. The number of hydrogen-bond donors (Lipinski definition) is 2. The average Bonchev–Trinajstić information content (AvgIpc) is 2.38. The number of nitrogens with one attached hydrogen (secondary N) is 1. The molecule has 6 nitrogen and oxygen atoms in total. The second-order valence-corrected chi connectivity index (χ2v) is 4.37. The van der Waals surface area contributed by atoms with Crippen molar-refractivity contribution < 1.29 is 14.8 Å². The third-order valence-electron chi connectivity index (χ3n) is 2.73. The van der Waals surface area contributed by atoms with Crippen molar-refractivity contribution in [2.45, 2.75) is 32.4 Å². The molecule has 6 heteroatoms. The summed E-state index contributed by atoms with van der Waals surface area (Å²) in [5.74, 6) is 0.458. The number of aliphatic hydroxyl groups is 1. The molecular weight excluding hydrogens is 248 g/mol. The van der Waals surface area contributed by atoms with Gasteiger partial charge in [0.1, 0.15) is 5.75 Å². The molecule has 1 atom stereocenters. The van der Waals surface area contributed by atoms with Gasteiger partial charge in [-0.15, -0.1) is 0 Å². The fourth-order valence-corrected chi connectivity index (χ4v) is 1.79. The van der Waals surface area contributed by atoms with Gasteiger partial charge in [0.25, 0.3) is 5.69 Å². The van der Waals surface area contributed by atoms with Crippen LogP contribution in [0.2, 0.25) is 0 Å². The molecular formula is C13H20N2O4. The molecule has 0 saturated carbocycles. The second-order valence-electron chi connectivity index (χ2n) is 4.37. The predicted molar refractivity (Wildman–Crippen MR) is 72.3 cm³/mol. The third-order valence-corrected chi connectivity index (χ3v) is 2.73. The monoisotopic (exact) mass is 268 g/mol. The van der Waals surface area contributed by atoms with E-state index in [1.54, 1.807) is 6.07 Å². The van der Waals surface area contributed by atoms with E-state index < -0.39 is 4.92 Å². The Hall–Kier alpha value is -1.66. The van der Waals surface area contributed by atoms with Crippen molar-refractivity contribution >= 4 is 5.69 Å². The Kier molecular flexibility index (Phi) is 6.24. The lowest BCUT2D eigenvalue weighted by molar-refractivity contribution is -0.385. The number of nitro benzene ring substituents is 1. The molecule has 0 heterocycles. The predicted octanol–water partition coefficient (Wildman–Crippen LogP) is 1.85. The molecule has 0 bridgehead atoms. The van der Waals surface area contributed by atoms with Gasteiger partial charge in [0.2, 0.25) is 0 Å². The molecule has 0 aliphatic carbocycles. The quantitative estimate of drug-likeness (QED) is 0.555. The van der Waals surface area contributed by atoms with E-state index in [-0.39, 0.29) is 11.8 Å². The minimum absolute atomic E-state index is 0.00487. The van der Waals surface area contributed by atoms with E-state index in [1.165, 1.54) is 19.2 Å². The van der Waals surface area contributed by atoms with E-state index in [0.29, 0.717) is 18.8 Å². The van der Waals surface area contributed by atoms with Crippen LogP contribution in [0.15, 0.2) is 18.2 Å². The summed E-state index contributed by atoms with van der Waals surface area (Å²) in [4.78, 5) is 10.3. The maximum atomic E-state index is 10.8. The van der Waals surface area contributed by atoms with Gasteiger partial charge < -0.3 is 15.2 Å². The second kappa shape index (κ2) is 7.70. The number of ether oxygens (including phenoxy) is 1. The Morgan fingerprint density at radius 2 is 2.21 bits per heavy atom. The molecule has 1 aromatic carbocycles. The highest BCUT2D eigenvalue weighted by Crippen LogP contribution is 2.22. The first kappa shape index (κ1) is 15.4. The van der Waals surface area contributed by atoms with Crippen LogP contribution < -0.4 is 10.1 Å². The van der Waals surface area contributed by atoms with E-state index in [4.69, 9.17) is 4.74 Å². The molecule has 106 valence electrons. The van der Waals surface area contributed by atoms with E-state index in [1.807, 2.05) is 6.92 Å². The first-order valence-corrected chi connectivity index (χ1v) is 6.28. The van der Waals surface area contributed by atoms with Gasteiger partial charge in [0.15, 0.2) is 0 Å². The summed E-state index contributed by atoms with van der Waals surface area (Å²) in [5.41, 5.74) is 0.764. The van der Waals surface area contributed by atoms with Crippen LogP contribution in [0.25, 0.3) is 0 Å². The molecule has 1 aromatic rings. The standard InChI is InChI=1S/C13H20N2O4/c1-3-4-12(16)9-14-8-10-5-11(15(17)18)7-13(6-10)19-2/h5-7,12,14,16H,3-4,8-9H2,1-2H3. The number of non-ortho nitro benzene ring substituents is 1. The normalized spacial score (nSPS) is 12.2. The van der Waals surface area contributed by atoms with Gasteiger partial charge in [-0.1, -0.05) is 13.3 Å². The maximum Gasteiger partial charge on any atom is 0.273 e. The largest absolute Gasteiger partial charge is 0.496 e. The van der Waals surface area contributed by atoms with Crippen LogP contribution in [0, 0.1) is 10.1 Å². The molecule has 0 spiro atoms. The zero-order valence-electron chi connectivity index (χ0n) is 11.3. The third kappa shape index (κ3) is 5.23. The van der Waals surface area contributed by atoms with E-state index in [0.717, 1.165) is 18.4 Å². The first-order valence-electron chi connectivity index (χ1n) is 6.28. The lowest BCUT2D eigenvalue weighted by Crippen LogP contribution is -2.26. The minimum Gasteiger partial charge on any atom is -0.496 e. The molecule has 1 rings (SSSR count). The molecule has 0 radical (unpaired) electrons. The summed E-state index contributed by atoms with van der Waals surface area (Å²) < 4.78 is 5.03. The number of rotatable bonds is 8. The Balaban J connectivity index is 2.62. The number of methoxy groups -OCH3 is 1. The van der Waals surface area contributed by atoms with Gasteiger partial charge in [0.05, 0.1) is 24.2 Å². The first-order chi connectivity index (χ1) is 9.06. The van der Waals surface area contributed by atoms with Gasteiger partial charge in [-0.25, -0.2) is 0 Å². The molecule has 0 saturated heterocycles. The van der Waals surface area contributed by atoms with Crippen molar-refractivity contribution in [3.8, 4) is 5.75 Å². The highest BCUT2D eigenvalue weighted by Gasteiger charge is 2.10. The molecule has 0 aliphatic rings. The Bertz CT molecular complexity index is 423. The zero-order chi connectivity index (χ0) is 14.3. The summed E-state index contributed by atoms with van der Waals surface area (Å²) in [5, 5.41) is 23.4. The van der Waals surface area contributed by atoms with E-state index in [9.17, 15) is 15.2 Å². The number of aliphatic hydroxyl groups excluding tert-OH is 1. The summed E-state index contributed by atoms with van der Waals surface area (Å²) >= 11 is 0. The van der Waals surface area contributed by atoms with Gasteiger partial charge in [-0.3, -0.25) is 10.1 Å². The van der Waals surface area contributed by atoms with Crippen LogP contribution in [0.3, 0.4) is 0 Å². The minimum atomic E-state index is -0.446. The van der Waals surface area contributed by atoms with Crippen molar-refractivity contribution in [1.29, 1.82) is 0 Å². The lowest BCUT2D eigenvalue weighted by Gasteiger charge is -2.11. The molecule has 0 aliphatic heterocycles. The van der Waals surface area contributed by atoms with Crippen molar-refractivity contribution in [2.24, 2.45) is 0 Å². The number of benzene rings is 1. The number of nitrogens with zero attached hydrogens (tertiary/aromatic N) is 1. The summed E-state index contributed by atoms with van der Waals surface area (Å²) in [6.07, 6.45) is 1.28.